The lowest BCUT2D eigenvalue weighted by Crippen LogP contribution is -1.74. The Labute approximate surface area is 107 Å². The summed E-state index contributed by atoms with van der Waals surface area (Å²) in [4.78, 5) is 0. The molecule has 0 bridgehead atoms. The van der Waals surface area contributed by atoms with E-state index in [-0.39, 0.29) is 0 Å². The van der Waals surface area contributed by atoms with Crippen molar-refractivity contribution in [2.45, 2.75) is 46.0 Å². The molecule has 0 aromatic carbocycles. The predicted molar refractivity (Wildman–Crippen MR) is 80.1 cm³/mol. The number of hydrogen-bond acceptors (Lipinski definition) is 0. The van der Waals surface area contributed by atoms with E-state index in [1.165, 1.54) is 32.1 Å². The highest BCUT2D eigenvalue weighted by molar-refractivity contribution is 5.10. The summed E-state index contributed by atoms with van der Waals surface area (Å²) in [5, 5.41) is 0. The number of unbranched alkanes of at least 4 members (excludes halogenated alkanes) is 4. The Morgan fingerprint density at radius 1 is 0.529 bits per heavy atom. The first-order valence-corrected chi connectivity index (χ1v) is 6.64. The largest absolute Gasteiger partial charge is 0.0877 e. The maximum absolute atomic E-state index is 2.25. The van der Waals surface area contributed by atoms with Crippen molar-refractivity contribution in [3.63, 3.8) is 0 Å². The van der Waals surface area contributed by atoms with Gasteiger partial charge in [0.1, 0.15) is 0 Å². The van der Waals surface area contributed by atoms with Crippen LogP contribution >= 0.6 is 0 Å². The van der Waals surface area contributed by atoms with E-state index in [9.17, 15) is 0 Å². The summed E-state index contributed by atoms with van der Waals surface area (Å²) in [6.45, 7) is 4.07. The van der Waals surface area contributed by atoms with Crippen LogP contribution in [0.1, 0.15) is 46.0 Å². The minimum absolute atomic E-state index is 1.19. The fourth-order valence-electron chi connectivity index (χ4n) is 1.40. The number of hydrogen-bond donors (Lipinski definition) is 0. The van der Waals surface area contributed by atoms with E-state index < -0.39 is 0 Å². The Morgan fingerprint density at radius 3 is 1.59 bits per heavy atom. The third kappa shape index (κ3) is 14.7. The topological polar surface area (TPSA) is 0 Å². The van der Waals surface area contributed by atoms with Crippen LogP contribution in [0.4, 0.5) is 0 Å². The van der Waals surface area contributed by atoms with E-state index in [0.717, 1.165) is 0 Å². The first-order valence-electron chi connectivity index (χ1n) is 6.64. The van der Waals surface area contributed by atoms with Gasteiger partial charge in [-0.25, -0.2) is 0 Å². The molecule has 94 valence electrons. The molecular weight excluding hydrogens is 204 g/mol. The third-order valence-corrected chi connectivity index (χ3v) is 2.34. The van der Waals surface area contributed by atoms with Gasteiger partial charge in [0, 0.05) is 0 Å². The molecule has 17 heavy (non-hydrogen) atoms. The van der Waals surface area contributed by atoms with Gasteiger partial charge in [0.15, 0.2) is 0 Å². The lowest BCUT2D eigenvalue weighted by atomic mass is 10.1. The average Bonchev–Trinajstić information content (AvgIpc) is 2.35. The molecule has 0 N–H and O–H groups in total. The lowest BCUT2D eigenvalue weighted by molar-refractivity contribution is 0.696. The Hall–Kier alpha value is -1.30. The van der Waals surface area contributed by atoms with Crippen molar-refractivity contribution in [3.8, 4) is 0 Å². The van der Waals surface area contributed by atoms with Crippen molar-refractivity contribution in [1.82, 2.24) is 0 Å². The minimum Gasteiger partial charge on any atom is -0.0877 e. The smallest absolute Gasteiger partial charge is 0.0348 e. The fraction of sp³-hybridized carbons (Fsp3) is 0.412. The van der Waals surface area contributed by atoms with Gasteiger partial charge in [0.05, 0.1) is 0 Å². The molecule has 0 saturated carbocycles. The Bertz CT molecular complexity index is 274. The van der Waals surface area contributed by atoms with Crippen molar-refractivity contribution in [2.75, 3.05) is 0 Å². The van der Waals surface area contributed by atoms with E-state index >= 15 is 0 Å². The van der Waals surface area contributed by atoms with Gasteiger partial charge in [-0.05, 0) is 39.5 Å². The second kappa shape index (κ2) is 14.7. The molecule has 0 aromatic heterocycles. The highest BCUT2D eigenvalue weighted by Crippen LogP contribution is 2.04. The van der Waals surface area contributed by atoms with E-state index in [1.54, 1.807) is 0 Å². The second-order valence-electron chi connectivity index (χ2n) is 3.93. The molecule has 0 spiro atoms. The maximum Gasteiger partial charge on any atom is -0.0348 e. The van der Waals surface area contributed by atoms with Crippen molar-refractivity contribution >= 4 is 0 Å². The third-order valence-electron chi connectivity index (χ3n) is 2.34. The molecule has 0 aliphatic rings. The summed E-state index contributed by atoms with van der Waals surface area (Å²) in [5.41, 5.74) is 0. The standard InChI is InChI=1S/C17H26/c1-3-5-7-9-11-13-15-17-16-14-12-10-8-6-4-2/h3-11,13H,12,14-17H2,1-2H3. The Morgan fingerprint density at radius 2 is 1.00 bits per heavy atom. The molecule has 0 unspecified atom stereocenters. The quantitative estimate of drug-likeness (QED) is 0.349. The molecule has 0 amide bonds. The van der Waals surface area contributed by atoms with Crippen LogP contribution in [0.3, 0.4) is 0 Å². The molecule has 0 heterocycles. The van der Waals surface area contributed by atoms with Crippen LogP contribution in [0.25, 0.3) is 0 Å². The predicted octanol–water partition coefficient (Wildman–Crippen LogP) is 5.76. The summed E-state index contributed by atoms with van der Waals surface area (Å²) >= 11 is 0. The molecule has 0 aliphatic heterocycles. The van der Waals surface area contributed by atoms with Gasteiger partial charge in [0.2, 0.25) is 0 Å². The van der Waals surface area contributed by atoms with Gasteiger partial charge in [-0.2, -0.15) is 0 Å². The van der Waals surface area contributed by atoms with Crippen LogP contribution in [0.15, 0.2) is 60.8 Å². The van der Waals surface area contributed by atoms with Crippen molar-refractivity contribution < 1.29 is 0 Å². The summed E-state index contributed by atoms with van der Waals surface area (Å²) in [7, 11) is 0. The lowest BCUT2D eigenvalue weighted by Gasteiger charge is -1.94. The average molecular weight is 230 g/mol. The second-order valence-corrected chi connectivity index (χ2v) is 3.93. The number of allylic oxidation sites excluding steroid dienone is 10. The van der Waals surface area contributed by atoms with Crippen LogP contribution in [-0.4, -0.2) is 0 Å². The molecular formula is C17H26. The minimum atomic E-state index is 1.19. The molecule has 0 atom stereocenters. The molecule has 0 radical (unpaired) electrons. The van der Waals surface area contributed by atoms with E-state index in [2.05, 4.69) is 48.6 Å². The van der Waals surface area contributed by atoms with Gasteiger partial charge in [-0.1, -0.05) is 67.2 Å². The van der Waals surface area contributed by atoms with Crippen molar-refractivity contribution in [3.05, 3.63) is 60.8 Å². The molecule has 0 nitrogen and oxygen atoms in total. The van der Waals surface area contributed by atoms with Gasteiger partial charge in [-0.15, -0.1) is 0 Å². The van der Waals surface area contributed by atoms with Gasteiger partial charge < -0.3 is 0 Å². The normalized spacial score (nSPS) is 13.3. The van der Waals surface area contributed by atoms with Crippen LogP contribution in [0, 0.1) is 0 Å². The van der Waals surface area contributed by atoms with Crippen LogP contribution in [-0.2, 0) is 0 Å². The summed E-state index contributed by atoms with van der Waals surface area (Å²) < 4.78 is 0. The van der Waals surface area contributed by atoms with Crippen LogP contribution in [0.2, 0.25) is 0 Å². The van der Waals surface area contributed by atoms with Gasteiger partial charge in [-0.3, -0.25) is 0 Å². The van der Waals surface area contributed by atoms with Gasteiger partial charge >= 0.3 is 0 Å². The molecule has 0 heteroatoms. The zero-order chi connectivity index (χ0) is 12.6. The first-order chi connectivity index (χ1) is 8.41. The summed E-state index contributed by atoms with van der Waals surface area (Å²) in [5.74, 6) is 0. The first kappa shape index (κ1) is 15.7. The highest BCUT2D eigenvalue weighted by Gasteiger charge is 1.84. The molecule has 0 aliphatic carbocycles. The van der Waals surface area contributed by atoms with Gasteiger partial charge in [0.25, 0.3) is 0 Å². The summed E-state index contributed by atoms with van der Waals surface area (Å²) in [6.07, 6.45) is 27.4. The fourth-order valence-corrected chi connectivity index (χ4v) is 1.40. The zero-order valence-electron chi connectivity index (χ0n) is 11.3. The number of rotatable bonds is 9. The van der Waals surface area contributed by atoms with E-state index in [4.69, 9.17) is 0 Å². The van der Waals surface area contributed by atoms with Crippen molar-refractivity contribution in [2.24, 2.45) is 0 Å². The molecule has 0 rings (SSSR count). The zero-order valence-corrected chi connectivity index (χ0v) is 11.3. The molecule has 0 aromatic rings. The maximum atomic E-state index is 2.25. The van der Waals surface area contributed by atoms with E-state index in [0.29, 0.717) is 0 Å². The Balaban J connectivity index is 3.29. The Kier molecular flexibility index (Phi) is 13.6. The SMILES string of the molecule is CC=CC=CC=CCCCCCC=CC=CC. The highest BCUT2D eigenvalue weighted by atomic mass is 13.9. The molecule has 0 saturated heterocycles. The van der Waals surface area contributed by atoms with E-state index in [1.807, 2.05) is 26.0 Å². The summed E-state index contributed by atoms with van der Waals surface area (Å²) in [6, 6.07) is 0. The molecule has 0 fully saturated rings. The van der Waals surface area contributed by atoms with Crippen molar-refractivity contribution in [1.29, 1.82) is 0 Å². The van der Waals surface area contributed by atoms with Crippen LogP contribution < -0.4 is 0 Å². The monoisotopic (exact) mass is 230 g/mol. The van der Waals surface area contributed by atoms with Crippen LogP contribution in [0.5, 0.6) is 0 Å².